The first-order valence-corrected chi connectivity index (χ1v) is 23.2. The number of piperidine rings is 1. The van der Waals surface area contributed by atoms with Crippen molar-refractivity contribution in [1.82, 2.24) is 25.5 Å². The van der Waals surface area contributed by atoms with Crippen LogP contribution in [-0.2, 0) is 46.4 Å². The number of methoxy groups -OCH3 is 1. The molecule has 3 aromatic rings. The number of hydrogen-bond acceptors (Lipinski definition) is 13. The molecular weight excluding hydrogens is 849 g/mol. The molecule has 0 radical (unpaired) electrons. The molecule has 4 heterocycles. The van der Waals surface area contributed by atoms with Gasteiger partial charge in [0.25, 0.3) is 11.8 Å². The number of imide groups is 1. The van der Waals surface area contributed by atoms with Gasteiger partial charge < -0.3 is 44.3 Å². The normalized spacial score (nSPS) is 18.4. The largest absolute Gasteiger partial charge is 0.496 e. The molecule has 6 amide bonds. The van der Waals surface area contributed by atoms with E-state index in [9.17, 15) is 28.8 Å². The maximum atomic E-state index is 13.3. The van der Waals surface area contributed by atoms with E-state index in [0.29, 0.717) is 86.4 Å². The summed E-state index contributed by atoms with van der Waals surface area (Å²) in [6, 6.07) is 9.82. The van der Waals surface area contributed by atoms with Crippen LogP contribution in [0.1, 0.15) is 115 Å². The molecule has 3 aliphatic heterocycles. The van der Waals surface area contributed by atoms with Gasteiger partial charge in [0.15, 0.2) is 5.82 Å². The molecular formula is C48H62N8O10. The van der Waals surface area contributed by atoms with Crippen molar-refractivity contribution in [3.8, 4) is 5.75 Å². The Labute approximate surface area is 385 Å². The second-order valence-corrected chi connectivity index (χ2v) is 17.0. The van der Waals surface area contributed by atoms with Gasteiger partial charge in [0, 0.05) is 73.6 Å². The molecule has 7 rings (SSSR count). The number of carbonyl (C=O) groups excluding carboxylic acids is 6. The third-order valence-corrected chi connectivity index (χ3v) is 12.7. The Morgan fingerprint density at radius 2 is 1.67 bits per heavy atom. The lowest BCUT2D eigenvalue weighted by Gasteiger charge is -2.43. The summed E-state index contributed by atoms with van der Waals surface area (Å²) in [7, 11) is 3.38. The van der Waals surface area contributed by atoms with Crippen molar-refractivity contribution in [1.29, 1.82) is 0 Å². The quantitative estimate of drug-likeness (QED) is 0.0896. The molecule has 1 saturated heterocycles. The average molecular weight is 911 g/mol. The summed E-state index contributed by atoms with van der Waals surface area (Å²) >= 11 is 0. The van der Waals surface area contributed by atoms with Crippen molar-refractivity contribution >= 4 is 52.6 Å². The van der Waals surface area contributed by atoms with Crippen LogP contribution in [0, 0.1) is 0 Å². The highest BCUT2D eigenvalue weighted by Gasteiger charge is 2.42. The number of nitrogens with zero attached hydrogens (tertiary/aromatic N) is 5. The fraction of sp³-hybridized carbons (Fsp3) is 0.542. The van der Waals surface area contributed by atoms with Gasteiger partial charge in [0.1, 0.15) is 29.3 Å². The molecule has 354 valence electrons. The van der Waals surface area contributed by atoms with Crippen LogP contribution in [0.3, 0.4) is 0 Å². The zero-order valence-electron chi connectivity index (χ0n) is 38.2. The fourth-order valence-electron chi connectivity index (χ4n) is 9.14. The smallest absolute Gasteiger partial charge is 0.255 e. The highest BCUT2D eigenvalue weighted by molar-refractivity contribution is 6.07. The first-order valence-electron chi connectivity index (χ1n) is 23.2. The molecule has 1 aliphatic carbocycles. The summed E-state index contributed by atoms with van der Waals surface area (Å²) in [4.78, 5) is 91.0. The number of carbonyl (C=O) groups is 6. The van der Waals surface area contributed by atoms with Crippen molar-refractivity contribution in [2.75, 3.05) is 75.5 Å². The topological polar surface area (TPSA) is 211 Å². The van der Waals surface area contributed by atoms with E-state index >= 15 is 0 Å². The zero-order valence-corrected chi connectivity index (χ0v) is 38.2. The van der Waals surface area contributed by atoms with Crippen molar-refractivity contribution in [3.05, 3.63) is 70.7 Å². The van der Waals surface area contributed by atoms with Gasteiger partial charge in [-0.05, 0) is 69.2 Å². The Morgan fingerprint density at radius 1 is 0.909 bits per heavy atom. The maximum absolute atomic E-state index is 13.3. The second kappa shape index (κ2) is 23.0. The van der Waals surface area contributed by atoms with Crippen LogP contribution < -0.4 is 30.5 Å². The Balaban J connectivity index is 0.725. The number of amides is 6. The summed E-state index contributed by atoms with van der Waals surface area (Å²) in [5.74, 6) is 0.532. The van der Waals surface area contributed by atoms with Crippen molar-refractivity contribution in [2.45, 2.75) is 109 Å². The number of anilines is 3. The Hall–Kier alpha value is -5.98. The van der Waals surface area contributed by atoms with Crippen molar-refractivity contribution < 1.29 is 47.7 Å². The fourth-order valence-corrected chi connectivity index (χ4v) is 9.14. The Bertz CT molecular complexity index is 2250. The maximum Gasteiger partial charge on any atom is 0.255 e. The lowest BCUT2D eigenvalue weighted by Crippen LogP contribution is -2.55. The van der Waals surface area contributed by atoms with Gasteiger partial charge in [-0.3, -0.25) is 34.1 Å². The van der Waals surface area contributed by atoms with Crippen LogP contribution in [0.15, 0.2) is 42.6 Å². The van der Waals surface area contributed by atoms with E-state index in [1.807, 2.05) is 6.07 Å². The van der Waals surface area contributed by atoms with Gasteiger partial charge in [0.2, 0.25) is 23.6 Å². The number of ether oxygens (including phenoxy) is 4. The zero-order chi connectivity index (χ0) is 46.6. The minimum Gasteiger partial charge on any atom is -0.496 e. The van der Waals surface area contributed by atoms with Gasteiger partial charge in [-0.1, -0.05) is 31.9 Å². The van der Waals surface area contributed by atoms with E-state index in [0.717, 1.165) is 62.0 Å². The standard InChI is InChI=1S/C48H62N8O10/c1-4-37-48(62)54(2)39-29-50-41(52-44(39)56(37)33-11-6-7-12-33)28-31-15-16-32(27-40(31)63-3)45(59)49-20-8-5-9-21-64-23-25-66-26-24-65-22-19-43(58)51-36-14-10-13-34-35(36)30-55(47(34)61)38-17-18-42(57)53-46(38)60/h10,13-16,27,29,33,37-38H,4-9,11-12,17-26,28,30H2,1-3H3,(H,49,59)(H,51,58)(H,53,57,60)/t37-,38?/m1/s1. The van der Waals surface area contributed by atoms with Crippen molar-refractivity contribution in [3.63, 3.8) is 0 Å². The van der Waals surface area contributed by atoms with E-state index < -0.39 is 11.9 Å². The molecule has 1 aromatic heterocycles. The van der Waals surface area contributed by atoms with Gasteiger partial charge >= 0.3 is 0 Å². The van der Waals surface area contributed by atoms with Gasteiger partial charge in [-0.15, -0.1) is 0 Å². The molecule has 1 unspecified atom stereocenters. The predicted molar refractivity (Wildman–Crippen MR) is 244 cm³/mol. The van der Waals surface area contributed by atoms with Crippen LogP contribution in [-0.4, -0.2) is 129 Å². The first-order chi connectivity index (χ1) is 32.1. The lowest BCUT2D eigenvalue weighted by atomic mass is 10.0. The minimum atomic E-state index is -0.729. The van der Waals surface area contributed by atoms with Crippen LogP contribution in [0.25, 0.3) is 0 Å². The number of unbranched alkanes of at least 4 members (excludes halogenated alkanes) is 2. The van der Waals surface area contributed by atoms with Crippen molar-refractivity contribution in [2.24, 2.45) is 0 Å². The molecule has 2 fully saturated rings. The third-order valence-electron chi connectivity index (χ3n) is 12.7. The summed E-state index contributed by atoms with van der Waals surface area (Å²) < 4.78 is 22.5. The van der Waals surface area contributed by atoms with E-state index in [1.165, 1.54) is 4.90 Å². The van der Waals surface area contributed by atoms with E-state index in [1.54, 1.807) is 55.6 Å². The molecule has 2 aromatic carbocycles. The number of nitrogens with one attached hydrogen (secondary N) is 3. The Morgan fingerprint density at radius 3 is 2.41 bits per heavy atom. The van der Waals surface area contributed by atoms with Gasteiger partial charge in [-0.2, -0.15) is 0 Å². The van der Waals surface area contributed by atoms with Gasteiger partial charge in [-0.25, -0.2) is 9.97 Å². The number of aromatic nitrogens is 2. The Kier molecular flexibility index (Phi) is 16.7. The molecule has 1 saturated carbocycles. The van der Waals surface area contributed by atoms with Crippen LogP contribution in [0.2, 0.25) is 0 Å². The van der Waals surface area contributed by atoms with Gasteiger partial charge in [0.05, 0.1) is 52.8 Å². The summed E-state index contributed by atoms with van der Waals surface area (Å²) in [5.41, 5.74) is 3.68. The molecule has 3 N–H and O–H groups in total. The van der Waals surface area contributed by atoms with E-state index in [2.05, 4.69) is 32.8 Å². The molecule has 0 bridgehead atoms. The van der Waals surface area contributed by atoms with Crippen LogP contribution in [0.5, 0.6) is 5.75 Å². The summed E-state index contributed by atoms with van der Waals surface area (Å²) in [6.45, 7) is 5.05. The number of rotatable bonds is 23. The monoisotopic (exact) mass is 910 g/mol. The molecule has 18 nitrogen and oxygen atoms in total. The molecule has 0 spiro atoms. The van der Waals surface area contributed by atoms with Crippen LogP contribution >= 0.6 is 0 Å². The average Bonchev–Trinajstić information content (AvgIpc) is 3.97. The number of likely N-dealkylation sites (N-methyl/N-ethyl adjacent to an activating group) is 1. The number of benzene rings is 2. The van der Waals surface area contributed by atoms with Crippen LogP contribution in [0.4, 0.5) is 17.2 Å². The third kappa shape index (κ3) is 11.5. The lowest BCUT2D eigenvalue weighted by molar-refractivity contribution is -0.137. The highest BCUT2D eigenvalue weighted by Crippen LogP contribution is 2.40. The summed E-state index contributed by atoms with van der Waals surface area (Å²) in [6.07, 6.45) is 10.4. The molecule has 2 atom stereocenters. The summed E-state index contributed by atoms with van der Waals surface area (Å²) in [5, 5.41) is 8.15. The molecule has 66 heavy (non-hydrogen) atoms. The molecule has 4 aliphatic rings. The molecule has 18 heteroatoms. The highest BCUT2D eigenvalue weighted by atomic mass is 16.5. The number of fused-ring (bicyclic) bond motifs is 2. The number of hydrogen-bond donors (Lipinski definition) is 3. The van der Waals surface area contributed by atoms with E-state index in [4.69, 9.17) is 23.9 Å². The SMILES string of the molecule is CC[C@@H]1C(=O)N(C)c2cnc(Cc3ccc(C(=O)NCCCCCOCCOCCOCCC(=O)Nc4cccc5c4CN(C4CCC(=O)NC4=O)C5=O)cc3OC)nc2N1C1CCCC1. The second-order valence-electron chi connectivity index (χ2n) is 17.0. The first kappa shape index (κ1) is 48.0. The predicted octanol–water partition coefficient (Wildman–Crippen LogP) is 4.32. The van der Waals surface area contributed by atoms with E-state index in [-0.39, 0.29) is 74.0 Å². The minimum absolute atomic E-state index is 0.0804.